The van der Waals surface area contributed by atoms with Crippen molar-refractivity contribution in [3.63, 3.8) is 0 Å². The first kappa shape index (κ1) is 11.4. The summed E-state index contributed by atoms with van der Waals surface area (Å²) in [6, 6.07) is 4.94. The first-order valence-electron chi connectivity index (χ1n) is 4.71. The number of H-pyrrole nitrogens is 1. The Hall–Kier alpha value is -2.08. The van der Waals surface area contributed by atoms with Gasteiger partial charge >= 0.3 is 0 Å². The molecule has 0 radical (unpaired) electrons. The maximum atomic E-state index is 11.6. The maximum Gasteiger partial charge on any atom is 0.292 e. The molecule has 0 unspecified atom stereocenters. The molecule has 0 aliphatic rings. The van der Waals surface area contributed by atoms with Crippen molar-refractivity contribution in [1.82, 2.24) is 15.2 Å². The second kappa shape index (κ2) is 4.84. The molecule has 0 bridgehead atoms. The van der Waals surface area contributed by atoms with E-state index in [9.17, 15) is 4.79 Å². The Kier molecular flexibility index (Phi) is 3.24. The average Bonchev–Trinajstić information content (AvgIpc) is 2.82. The highest BCUT2D eigenvalue weighted by Gasteiger charge is 2.09. The molecule has 7 heteroatoms. The standard InChI is InChI=1S/C10H9ClN4O2/c1-17-8-3-2-6(4-7(8)11)14-10(16)9-12-5-13-15-9/h2-5H,1H3,(H,14,16)(H,12,13,15). The average molecular weight is 253 g/mol. The largest absolute Gasteiger partial charge is 0.495 e. The lowest BCUT2D eigenvalue weighted by Crippen LogP contribution is -2.13. The van der Waals surface area contributed by atoms with E-state index in [1.165, 1.54) is 13.4 Å². The second-order valence-electron chi connectivity index (χ2n) is 3.14. The van der Waals surface area contributed by atoms with Crippen LogP contribution in [0.25, 0.3) is 0 Å². The molecule has 0 fully saturated rings. The molecule has 2 rings (SSSR count). The van der Waals surface area contributed by atoms with Crippen LogP contribution < -0.4 is 10.1 Å². The minimum absolute atomic E-state index is 0.136. The van der Waals surface area contributed by atoms with Gasteiger partial charge in [0.2, 0.25) is 5.82 Å². The summed E-state index contributed by atoms with van der Waals surface area (Å²) in [6.45, 7) is 0. The maximum absolute atomic E-state index is 11.6. The van der Waals surface area contributed by atoms with Crippen molar-refractivity contribution in [2.24, 2.45) is 0 Å². The summed E-state index contributed by atoms with van der Waals surface area (Å²) in [5, 5.41) is 9.09. The zero-order chi connectivity index (χ0) is 12.3. The minimum Gasteiger partial charge on any atom is -0.495 e. The van der Waals surface area contributed by atoms with E-state index in [1.807, 2.05) is 0 Å². The highest BCUT2D eigenvalue weighted by atomic mass is 35.5. The molecule has 0 spiro atoms. The third-order valence-electron chi connectivity index (χ3n) is 2.04. The monoisotopic (exact) mass is 252 g/mol. The number of rotatable bonds is 3. The van der Waals surface area contributed by atoms with Crippen molar-refractivity contribution in [2.45, 2.75) is 0 Å². The Morgan fingerprint density at radius 3 is 2.94 bits per heavy atom. The lowest BCUT2D eigenvalue weighted by atomic mass is 10.3. The molecule has 1 aromatic heterocycles. The van der Waals surface area contributed by atoms with Crippen molar-refractivity contribution in [2.75, 3.05) is 12.4 Å². The van der Waals surface area contributed by atoms with Crippen molar-refractivity contribution >= 4 is 23.2 Å². The van der Waals surface area contributed by atoms with Gasteiger partial charge in [-0.2, -0.15) is 5.10 Å². The molecule has 1 aromatic carbocycles. The number of hydrogen-bond acceptors (Lipinski definition) is 4. The van der Waals surface area contributed by atoms with Gasteiger partial charge in [0.25, 0.3) is 5.91 Å². The van der Waals surface area contributed by atoms with Crippen LogP contribution in [0, 0.1) is 0 Å². The second-order valence-corrected chi connectivity index (χ2v) is 3.54. The molecular formula is C10H9ClN4O2. The number of amides is 1. The predicted molar refractivity (Wildman–Crippen MR) is 62.3 cm³/mol. The van der Waals surface area contributed by atoms with Crippen LogP contribution in [-0.2, 0) is 0 Å². The van der Waals surface area contributed by atoms with Crippen LogP contribution in [0.3, 0.4) is 0 Å². The molecule has 1 heterocycles. The first-order valence-corrected chi connectivity index (χ1v) is 5.09. The van der Waals surface area contributed by atoms with Crippen LogP contribution in [-0.4, -0.2) is 28.2 Å². The number of aromatic amines is 1. The van der Waals surface area contributed by atoms with E-state index in [1.54, 1.807) is 18.2 Å². The number of benzene rings is 1. The Morgan fingerprint density at radius 2 is 2.35 bits per heavy atom. The molecule has 2 N–H and O–H groups in total. The lowest BCUT2D eigenvalue weighted by molar-refractivity contribution is 0.101. The van der Waals surface area contributed by atoms with Gasteiger partial charge in [-0.25, -0.2) is 4.98 Å². The van der Waals surface area contributed by atoms with Crippen LogP contribution >= 0.6 is 11.6 Å². The van der Waals surface area contributed by atoms with E-state index in [0.29, 0.717) is 16.5 Å². The number of carbonyl (C=O) groups is 1. The summed E-state index contributed by atoms with van der Waals surface area (Å²) < 4.78 is 5.00. The van der Waals surface area contributed by atoms with Crippen molar-refractivity contribution in [3.8, 4) is 5.75 Å². The van der Waals surface area contributed by atoms with Crippen LogP contribution in [0.4, 0.5) is 5.69 Å². The Balaban J connectivity index is 2.14. The Morgan fingerprint density at radius 1 is 1.53 bits per heavy atom. The van der Waals surface area contributed by atoms with Gasteiger partial charge in [-0.3, -0.25) is 9.89 Å². The van der Waals surface area contributed by atoms with Gasteiger partial charge in [0.1, 0.15) is 12.1 Å². The van der Waals surface area contributed by atoms with E-state index in [0.717, 1.165) is 0 Å². The zero-order valence-electron chi connectivity index (χ0n) is 8.90. The third-order valence-corrected chi connectivity index (χ3v) is 2.34. The molecule has 0 aliphatic carbocycles. The van der Waals surface area contributed by atoms with Gasteiger partial charge in [0.05, 0.1) is 12.1 Å². The summed E-state index contributed by atoms with van der Waals surface area (Å²) in [5.41, 5.74) is 0.553. The van der Waals surface area contributed by atoms with Crippen LogP contribution in [0.2, 0.25) is 5.02 Å². The molecular weight excluding hydrogens is 244 g/mol. The molecule has 17 heavy (non-hydrogen) atoms. The van der Waals surface area contributed by atoms with Gasteiger partial charge < -0.3 is 10.1 Å². The number of hydrogen-bond donors (Lipinski definition) is 2. The molecule has 2 aromatic rings. The molecule has 0 saturated heterocycles. The third kappa shape index (κ3) is 2.54. The van der Waals surface area contributed by atoms with Gasteiger partial charge in [0, 0.05) is 5.69 Å². The summed E-state index contributed by atoms with van der Waals surface area (Å²) in [6.07, 6.45) is 1.26. The predicted octanol–water partition coefficient (Wildman–Crippen LogP) is 1.72. The van der Waals surface area contributed by atoms with E-state index >= 15 is 0 Å². The summed E-state index contributed by atoms with van der Waals surface area (Å²) in [5.74, 6) is 0.296. The number of ether oxygens (including phenoxy) is 1. The number of halogens is 1. The highest BCUT2D eigenvalue weighted by molar-refractivity contribution is 6.32. The van der Waals surface area contributed by atoms with Crippen LogP contribution in [0.15, 0.2) is 24.5 Å². The SMILES string of the molecule is COc1ccc(NC(=O)c2ncn[nH]2)cc1Cl. The summed E-state index contributed by atoms with van der Waals surface area (Å²) in [7, 11) is 1.52. The number of carbonyl (C=O) groups excluding carboxylic acids is 1. The summed E-state index contributed by atoms with van der Waals surface area (Å²) in [4.78, 5) is 15.4. The summed E-state index contributed by atoms with van der Waals surface area (Å²) >= 11 is 5.93. The molecule has 0 aliphatic heterocycles. The van der Waals surface area contributed by atoms with E-state index in [4.69, 9.17) is 16.3 Å². The lowest BCUT2D eigenvalue weighted by Gasteiger charge is -2.06. The quantitative estimate of drug-likeness (QED) is 0.872. The van der Waals surface area contributed by atoms with E-state index < -0.39 is 0 Å². The normalized spacial score (nSPS) is 10.0. The van der Waals surface area contributed by atoms with E-state index in [2.05, 4.69) is 20.5 Å². The Labute approximate surface area is 102 Å². The fraction of sp³-hybridized carbons (Fsp3) is 0.100. The number of methoxy groups -OCH3 is 1. The molecule has 1 amide bonds. The zero-order valence-corrected chi connectivity index (χ0v) is 9.65. The van der Waals surface area contributed by atoms with Gasteiger partial charge in [-0.1, -0.05) is 11.6 Å². The Bertz CT molecular complexity index is 527. The van der Waals surface area contributed by atoms with Gasteiger partial charge in [-0.15, -0.1) is 0 Å². The van der Waals surface area contributed by atoms with E-state index in [-0.39, 0.29) is 11.7 Å². The highest BCUT2D eigenvalue weighted by Crippen LogP contribution is 2.27. The van der Waals surface area contributed by atoms with Crippen LogP contribution in [0.5, 0.6) is 5.75 Å². The topological polar surface area (TPSA) is 79.9 Å². The van der Waals surface area contributed by atoms with Crippen LogP contribution in [0.1, 0.15) is 10.6 Å². The minimum atomic E-state index is -0.385. The smallest absolute Gasteiger partial charge is 0.292 e. The first-order chi connectivity index (χ1) is 8.20. The number of nitrogens with one attached hydrogen (secondary N) is 2. The van der Waals surface area contributed by atoms with Gasteiger partial charge in [-0.05, 0) is 18.2 Å². The van der Waals surface area contributed by atoms with Crippen molar-refractivity contribution in [1.29, 1.82) is 0 Å². The number of anilines is 1. The van der Waals surface area contributed by atoms with Crippen molar-refractivity contribution in [3.05, 3.63) is 35.4 Å². The molecule has 0 atom stereocenters. The van der Waals surface area contributed by atoms with Crippen molar-refractivity contribution < 1.29 is 9.53 Å². The van der Waals surface area contributed by atoms with Gasteiger partial charge in [0.15, 0.2) is 0 Å². The fourth-order valence-electron chi connectivity index (χ4n) is 1.25. The molecule has 88 valence electrons. The molecule has 6 nitrogen and oxygen atoms in total. The number of aromatic nitrogens is 3. The fourth-order valence-corrected chi connectivity index (χ4v) is 1.51. The number of nitrogens with zero attached hydrogens (tertiary/aromatic N) is 2. The molecule has 0 saturated carbocycles.